The summed E-state index contributed by atoms with van der Waals surface area (Å²) in [5, 5.41) is 0. The minimum absolute atomic E-state index is 0.525. The minimum Gasteiger partial charge on any atom is -0.277 e. The maximum Gasteiger partial charge on any atom is 0.191 e. The molecular formula is C41H60N2SSi2. The Bertz CT molecular complexity index is 1530. The predicted molar refractivity (Wildman–Crippen MR) is 211 cm³/mol. The molecule has 248 valence electrons. The van der Waals surface area contributed by atoms with E-state index in [1.165, 1.54) is 22.3 Å². The zero-order valence-corrected chi connectivity index (χ0v) is 34.5. The maximum absolute atomic E-state index is 6.48. The summed E-state index contributed by atoms with van der Waals surface area (Å²) >= 11 is 6.48. The second-order valence-electron chi connectivity index (χ2n) is 15.6. The van der Waals surface area contributed by atoms with Crippen LogP contribution in [0.25, 0.3) is 11.4 Å². The lowest BCUT2D eigenvalue weighted by Crippen LogP contribution is -2.43. The van der Waals surface area contributed by atoms with Crippen LogP contribution in [0.2, 0.25) is 33.2 Å². The summed E-state index contributed by atoms with van der Waals surface area (Å²) in [4.78, 5) is 0. The van der Waals surface area contributed by atoms with E-state index in [9.17, 15) is 0 Å². The van der Waals surface area contributed by atoms with E-state index in [2.05, 4.69) is 179 Å². The van der Waals surface area contributed by atoms with E-state index in [0.29, 0.717) is 33.2 Å². The largest absolute Gasteiger partial charge is 0.277 e. The molecule has 0 fully saturated rings. The van der Waals surface area contributed by atoms with Crippen molar-refractivity contribution in [2.45, 2.75) is 144 Å². The Labute approximate surface area is 289 Å². The van der Waals surface area contributed by atoms with E-state index in [0.717, 1.165) is 27.5 Å². The molecule has 3 aromatic rings. The molecule has 1 heterocycles. The summed E-state index contributed by atoms with van der Waals surface area (Å²) in [5.41, 5.74) is 20.1. The lowest BCUT2D eigenvalue weighted by molar-refractivity contribution is 0.838. The van der Waals surface area contributed by atoms with Gasteiger partial charge in [0.05, 0.1) is 0 Å². The van der Waals surface area contributed by atoms with Crippen molar-refractivity contribution >= 4 is 28.4 Å². The van der Waals surface area contributed by atoms with Gasteiger partial charge in [-0.1, -0.05) is 107 Å². The molecular weight excluding hydrogens is 609 g/mol. The van der Waals surface area contributed by atoms with Crippen LogP contribution in [-0.4, -0.2) is 25.3 Å². The lowest BCUT2D eigenvalue weighted by atomic mass is 10.1. The highest BCUT2D eigenvalue weighted by Gasteiger charge is 2.43. The summed E-state index contributed by atoms with van der Waals surface area (Å²) < 4.78 is 5.18. The Hall–Kier alpha value is -2.58. The van der Waals surface area contributed by atoms with Crippen LogP contribution in [0.4, 0.5) is 0 Å². The van der Waals surface area contributed by atoms with Gasteiger partial charge in [0.15, 0.2) is 4.77 Å². The van der Waals surface area contributed by atoms with E-state index in [1.807, 2.05) is 0 Å². The number of rotatable bonds is 8. The van der Waals surface area contributed by atoms with Crippen molar-refractivity contribution in [1.29, 1.82) is 0 Å². The Morgan fingerprint density at radius 2 is 0.696 bits per heavy atom. The fourth-order valence-electron chi connectivity index (χ4n) is 8.57. The van der Waals surface area contributed by atoms with Crippen molar-refractivity contribution in [3.05, 3.63) is 74.8 Å². The highest BCUT2D eigenvalue weighted by molar-refractivity contribution is 7.71. The molecule has 0 saturated carbocycles. The molecule has 0 radical (unpaired) electrons. The number of aryl methyl sites for hydroxylation is 4. The van der Waals surface area contributed by atoms with Gasteiger partial charge < -0.3 is 0 Å². The highest BCUT2D eigenvalue weighted by Crippen LogP contribution is 2.42. The summed E-state index contributed by atoms with van der Waals surface area (Å²) in [7, 11) is -4.11. The van der Waals surface area contributed by atoms with E-state index >= 15 is 0 Å². The predicted octanol–water partition coefficient (Wildman–Crippen LogP) is 12.4. The standard InChI is InChI=1S/C41H60N2SSi2/c1-27(2)45(28(3)4,29(5)6)19-17-39-40(18-20-46(30(7)8,31(9)10)32(11)12)43(38-25-35(15)22-36(16)26-38)41(44)42(39)37-23-33(13)21-34(14)24-37/h21-32H,1-16H3. The summed E-state index contributed by atoms with van der Waals surface area (Å²) in [6.45, 7) is 37.2. The van der Waals surface area contributed by atoms with Crippen molar-refractivity contribution in [3.8, 4) is 34.3 Å². The van der Waals surface area contributed by atoms with Gasteiger partial charge in [0.2, 0.25) is 0 Å². The monoisotopic (exact) mass is 668 g/mol. The fraction of sp³-hybridized carbons (Fsp3) is 0.537. The van der Waals surface area contributed by atoms with Gasteiger partial charge in [0.25, 0.3) is 0 Å². The molecule has 46 heavy (non-hydrogen) atoms. The van der Waals surface area contributed by atoms with E-state index in [4.69, 9.17) is 12.2 Å². The molecule has 0 spiro atoms. The van der Waals surface area contributed by atoms with E-state index in [-0.39, 0.29) is 0 Å². The Morgan fingerprint density at radius 1 is 0.457 bits per heavy atom. The first-order chi connectivity index (χ1) is 21.3. The zero-order valence-electron chi connectivity index (χ0n) is 31.7. The summed E-state index contributed by atoms with van der Waals surface area (Å²) in [6, 6.07) is 13.4. The SMILES string of the molecule is Cc1cc(C)cc(-n2c(C#C[Si](C(C)C)(C(C)C)C(C)C)c(C#C[Si](C(C)C)(C(C)C)C(C)C)n(-c3cc(C)cc(C)c3)c2=S)c1. The average molecular weight is 669 g/mol. The molecule has 0 bridgehead atoms. The molecule has 2 aromatic carbocycles. The van der Waals surface area contributed by atoms with Crippen molar-refractivity contribution in [2.75, 3.05) is 0 Å². The number of hydrogen-bond donors (Lipinski definition) is 0. The normalized spacial score (nSPS) is 12.4. The van der Waals surface area contributed by atoms with Gasteiger partial charge in [0.1, 0.15) is 27.5 Å². The molecule has 0 atom stereocenters. The van der Waals surface area contributed by atoms with E-state index in [1.54, 1.807) is 0 Å². The lowest BCUT2D eigenvalue weighted by Gasteiger charge is -2.38. The first kappa shape index (κ1) is 37.9. The van der Waals surface area contributed by atoms with Crippen LogP contribution in [0.1, 0.15) is 117 Å². The third-order valence-corrected chi connectivity index (χ3v) is 23.5. The number of aromatic nitrogens is 2. The molecule has 0 amide bonds. The summed E-state index contributed by atoms with van der Waals surface area (Å²) in [6.07, 6.45) is 0. The molecule has 0 saturated heterocycles. The number of nitrogens with zero attached hydrogens (tertiary/aromatic N) is 2. The third kappa shape index (κ3) is 7.13. The first-order valence-electron chi connectivity index (χ1n) is 17.4. The van der Waals surface area contributed by atoms with Gasteiger partial charge in [-0.3, -0.25) is 9.13 Å². The molecule has 0 aliphatic carbocycles. The van der Waals surface area contributed by atoms with Gasteiger partial charge in [-0.05, 0) is 120 Å². The minimum atomic E-state index is -2.05. The van der Waals surface area contributed by atoms with Gasteiger partial charge in [0, 0.05) is 11.4 Å². The van der Waals surface area contributed by atoms with Crippen LogP contribution >= 0.6 is 12.2 Å². The second kappa shape index (κ2) is 14.7. The highest BCUT2D eigenvalue weighted by atomic mass is 32.1. The van der Waals surface area contributed by atoms with Crippen LogP contribution in [0.3, 0.4) is 0 Å². The third-order valence-electron chi connectivity index (χ3n) is 10.5. The van der Waals surface area contributed by atoms with Gasteiger partial charge in [-0.25, -0.2) is 0 Å². The molecule has 2 nitrogen and oxygen atoms in total. The molecule has 0 aliphatic rings. The fourth-order valence-corrected chi connectivity index (χ4v) is 19.4. The van der Waals surface area contributed by atoms with E-state index < -0.39 is 16.1 Å². The van der Waals surface area contributed by atoms with Crippen LogP contribution < -0.4 is 0 Å². The van der Waals surface area contributed by atoms with Crippen molar-refractivity contribution in [3.63, 3.8) is 0 Å². The van der Waals surface area contributed by atoms with Crippen LogP contribution in [-0.2, 0) is 0 Å². The van der Waals surface area contributed by atoms with Crippen molar-refractivity contribution in [1.82, 2.24) is 9.13 Å². The molecule has 1 aromatic heterocycles. The van der Waals surface area contributed by atoms with Gasteiger partial charge >= 0.3 is 0 Å². The van der Waals surface area contributed by atoms with Gasteiger partial charge in [-0.15, -0.1) is 11.1 Å². The topological polar surface area (TPSA) is 9.86 Å². The zero-order chi connectivity index (χ0) is 34.9. The number of hydrogen-bond acceptors (Lipinski definition) is 1. The first-order valence-corrected chi connectivity index (χ1v) is 22.3. The van der Waals surface area contributed by atoms with Crippen molar-refractivity contribution in [2.24, 2.45) is 0 Å². The molecule has 0 unspecified atom stereocenters. The van der Waals surface area contributed by atoms with Crippen LogP contribution in [0, 0.1) is 55.4 Å². The molecule has 3 rings (SSSR count). The molecule has 0 aliphatic heterocycles. The maximum atomic E-state index is 6.48. The summed E-state index contributed by atoms with van der Waals surface area (Å²) in [5.74, 6) is 7.78. The quantitative estimate of drug-likeness (QED) is 0.132. The molecule has 0 N–H and O–H groups in total. The van der Waals surface area contributed by atoms with Gasteiger partial charge in [-0.2, -0.15) is 0 Å². The Kier molecular flexibility index (Phi) is 12.1. The van der Waals surface area contributed by atoms with Crippen LogP contribution in [0.15, 0.2) is 36.4 Å². The number of benzene rings is 2. The molecule has 5 heteroatoms. The smallest absolute Gasteiger partial charge is 0.191 e. The Balaban J connectivity index is 2.70. The average Bonchev–Trinajstić information content (AvgIpc) is 3.17. The number of imidazole rings is 1. The van der Waals surface area contributed by atoms with Crippen molar-refractivity contribution < 1.29 is 0 Å². The Morgan fingerprint density at radius 3 is 0.913 bits per heavy atom. The van der Waals surface area contributed by atoms with Crippen LogP contribution in [0.5, 0.6) is 0 Å². The second-order valence-corrected chi connectivity index (χ2v) is 27.2.